The lowest BCUT2D eigenvalue weighted by molar-refractivity contribution is 0.102. The summed E-state index contributed by atoms with van der Waals surface area (Å²) < 4.78 is 14.9. The summed E-state index contributed by atoms with van der Waals surface area (Å²) in [6.45, 7) is 3.90. The van der Waals surface area contributed by atoms with Gasteiger partial charge in [-0.05, 0) is 19.9 Å². The monoisotopic (exact) mass is 277 g/mol. The van der Waals surface area contributed by atoms with Crippen LogP contribution in [0.1, 0.15) is 30.2 Å². The Morgan fingerprint density at radius 1 is 1.45 bits per heavy atom. The number of pyridine rings is 1. The molecule has 2 rings (SSSR count). The fraction of sp³-hybridized carbons (Fsp3) is 0.308. The van der Waals surface area contributed by atoms with Gasteiger partial charge in [0.25, 0.3) is 5.91 Å². The Balaban J connectivity index is 2.28. The Labute approximate surface area is 116 Å². The van der Waals surface area contributed by atoms with Crippen LogP contribution in [0.4, 0.5) is 16.0 Å². The van der Waals surface area contributed by atoms with E-state index in [9.17, 15) is 9.18 Å². The highest BCUT2D eigenvalue weighted by atomic mass is 19.1. The Hall–Kier alpha value is -2.44. The molecule has 0 aliphatic heterocycles. The molecule has 0 aliphatic carbocycles. The van der Waals surface area contributed by atoms with Gasteiger partial charge < -0.3 is 10.6 Å². The number of nitrogens with zero attached hydrogens (tertiary/aromatic N) is 3. The molecule has 0 aliphatic rings. The molecule has 106 valence electrons. The van der Waals surface area contributed by atoms with Gasteiger partial charge in [-0.15, -0.1) is 0 Å². The molecular formula is C13H16FN5O. The van der Waals surface area contributed by atoms with Gasteiger partial charge >= 0.3 is 0 Å². The van der Waals surface area contributed by atoms with E-state index < -0.39 is 11.7 Å². The van der Waals surface area contributed by atoms with Gasteiger partial charge in [0.1, 0.15) is 17.5 Å². The van der Waals surface area contributed by atoms with Gasteiger partial charge in [-0.3, -0.25) is 4.79 Å². The summed E-state index contributed by atoms with van der Waals surface area (Å²) in [6, 6.07) is 2.93. The molecule has 2 aromatic heterocycles. The largest absolute Gasteiger partial charge is 0.372 e. The van der Waals surface area contributed by atoms with Crippen LogP contribution < -0.4 is 10.6 Å². The maximum Gasteiger partial charge on any atom is 0.260 e. The van der Waals surface area contributed by atoms with Crippen LogP contribution in [0, 0.1) is 5.82 Å². The highest BCUT2D eigenvalue weighted by Gasteiger charge is 2.16. The van der Waals surface area contributed by atoms with Crippen LogP contribution in [0.2, 0.25) is 0 Å². The van der Waals surface area contributed by atoms with Crippen molar-refractivity contribution in [2.24, 2.45) is 0 Å². The van der Waals surface area contributed by atoms with E-state index in [1.807, 2.05) is 13.8 Å². The summed E-state index contributed by atoms with van der Waals surface area (Å²) in [6.07, 6.45) is 2.65. The number of anilines is 2. The summed E-state index contributed by atoms with van der Waals surface area (Å²) in [5.74, 6) is -0.133. The zero-order valence-electron chi connectivity index (χ0n) is 11.5. The van der Waals surface area contributed by atoms with E-state index in [2.05, 4.69) is 20.7 Å². The summed E-state index contributed by atoms with van der Waals surface area (Å²) in [5.41, 5.74) is 0.143. The van der Waals surface area contributed by atoms with Gasteiger partial charge in [0, 0.05) is 19.2 Å². The quantitative estimate of drug-likeness (QED) is 0.899. The maximum atomic E-state index is 13.2. The van der Waals surface area contributed by atoms with Crippen LogP contribution in [0.5, 0.6) is 0 Å². The first-order valence-corrected chi connectivity index (χ1v) is 6.21. The molecule has 20 heavy (non-hydrogen) atoms. The van der Waals surface area contributed by atoms with Gasteiger partial charge in [0.2, 0.25) is 0 Å². The van der Waals surface area contributed by atoms with Crippen LogP contribution in [0.25, 0.3) is 0 Å². The van der Waals surface area contributed by atoms with Gasteiger partial charge in [-0.25, -0.2) is 14.1 Å². The second-order valence-corrected chi connectivity index (χ2v) is 4.51. The Kier molecular flexibility index (Phi) is 3.97. The molecule has 0 saturated heterocycles. The van der Waals surface area contributed by atoms with Crippen molar-refractivity contribution in [3.8, 4) is 0 Å². The fourth-order valence-corrected chi connectivity index (χ4v) is 1.82. The highest BCUT2D eigenvalue weighted by Crippen LogP contribution is 2.17. The fourth-order valence-electron chi connectivity index (χ4n) is 1.82. The minimum atomic E-state index is -0.563. The number of halogens is 1. The molecule has 0 atom stereocenters. The van der Waals surface area contributed by atoms with Crippen molar-refractivity contribution in [1.29, 1.82) is 0 Å². The molecule has 2 N–H and O–H groups in total. The minimum absolute atomic E-state index is 0.106. The van der Waals surface area contributed by atoms with Gasteiger partial charge in [-0.2, -0.15) is 5.10 Å². The molecule has 0 fully saturated rings. The Bertz CT molecular complexity index is 623. The van der Waals surface area contributed by atoms with Crippen LogP contribution in [-0.4, -0.2) is 27.7 Å². The van der Waals surface area contributed by atoms with Crippen molar-refractivity contribution in [2.75, 3.05) is 17.7 Å². The number of hydrogen-bond acceptors (Lipinski definition) is 4. The average Bonchev–Trinajstić information content (AvgIpc) is 2.87. The van der Waals surface area contributed by atoms with Crippen LogP contribution in [-0.2, 0) is 0 Å². The van der Waals surface area contributed by atoms with Gasteiger partial charge in [-0.1, -0.05) is 0 Å². The Morgan fingerprint density at radius 2 is 2.20 bits per heavy atom. The first-order valence-electron chi connectivity index (χ1n) is 6.21. The second-order valence-electron chi connectivity index (χ2n) is 4.51. The zero-order valence-corrected chi connectivity index (χ0v) is 11.5. The second kappa shape index (κ2) is 5.68. The smallest absolute Gasteiger partial charge is 0.260 e. The number of carbonyl (C=O) groups is 1. The number of carbonyl (C=O) groups excluding carboxylic acids is 1. The van der Waals surface area contributed by atoms with Crippen molar-refractivity contribution in [3.05, 3.63) is 35.9 Å². The van der Waals surface area contributed by atoms with Crippen molar-refractivity contribution in [2.45, 2.75) is 19.9 Å². The van der Waals surface area contributed by atoms with Crippen molar-refractivity contribution < 1.29 is 9.18 Å². The summed E-state index contributed by atoms with van der Waals surface area (Å²) in [4.78, 5) is 16.1. The first-order chi connectivity index (χ1) is 9.52. The molecule has 1 amide bonds. The van der Waals surface area contributed by atoms with E-state index in [1.165, 1.54) is 0 Å². The number of amides is 1. The average molecular weight is 277 g/mol. The lowest BCUT2D eigenvalue weighted by atomic mass is 10.2. The van der Waals surface area contributed by atoms with E-state index in [-0.39, 0.29) is 11.6 Å². The SMILES string of the molecule is CNc1ncc(F)cc1C(=O)Nc1ccnn1C(C)C. The molecule has 0 spiro atoms. The molecular weight excluding hydrogens is 261 g/mol. The molecule has 2 aromatic rings. The molecule has 2 heterocycles. The lowest BCUT2D eigenvalue weighted by Crippen LogP contribution is -2.18. The van der Waals surface area contributed by atoms with E-state index in [4.69, 9.17) is 0 Å². The molecule has 0 radical (unpaired) electrons. The number of nitrogens with one attached hydrogen (secondary N) is 2. The maximum absolute atomic E-state index is 13.2. The summed E-state index contributed by atoms with van der Waals surface area (Å²) >= 11 is 0. The van der Waals surface area contributed by atoms with Crippen molar-refractivity contribution in [1.82, 2.24) is 14.8 Å². The van der Waals surface area contributed by atoms with E-state index in [0.29, 0.717) is 11.6 Å². The zero-order chi connectivity index (χ0) is 14.7. The predicted molar refractivity (Wildman–Crippen MR) is 74.3 cm³/mol. The third kappa shape index (κ3) is 2.76. The highest BCUT2D eigenvalue weighted by molar-refractivity contribution is 6.07. The number of aromatic nitrogens is 3. The first kappa shape index (κ1) is 14.0. The van der Waals surface area contributed by atoms with E-state index >= 15 is 0 Å². The van der Waals surface area contributed by atoms with Crippen LogP contribution >= 0.6 is 0 Å². The third-order valence-electron chi connectivity index (χ3n) is 2.74. The topological polar surface area (TPSA) is 71.8 Å². The lowest BCUT2D eigenvalue weighted by Gasteiger charge is -2.13. The normalized spacial score (nSPS) is 10.7. The van der Waals surface area contributed by atoms with Gasteiger partial charge in [0.15, 0.2) is 0 Å². The molecule has 6 nitrogen and oxygen atoms in total. The predicted octanol–water partition coefficient (Wildman–Crippen LogP) is 2.29. The van der Waals surface area contributed by atoms with Crippen LogP contribution in [0.15, 0.2) is 24.5 Å². The standard InChI is InChI=1S/C13H16FN5O/c1-8(2)19-11(4-5-17-19)18-13(20)10-6-9(14)7-16-12(10)15-3/h4-8H,1-3H3,(H,15,16)(H,18,20). The van der Waals surface area contributed by atoms with Crippen molar-refractivity contribution in [3.63, 3.8) is 0 Å². The number of rotatable bonds is 4. The molecule has 0 bridgehead atoms. The van der Waals surface area contributed by atoms with E-state index in [1.54, 1.807) is 24.0 Å². The minimum Gasteiger partial charge on any atom is -0.372 e. The summed E-state index contributed by atoms with van der Waals surface area (Å²) in [7, 11) is 1.62. The third-order valence-corrected chi connectivity index (χ3v) is 2.74. The van der Waals surface area contributed by atoms with Crippen LogP contribution in [0.3, 0.4) is 0 Å². The Morgan fingerprint density at radius 3 is 2.85 bits per heavy atom. The number of hydrogen-bond donors (Lipinski definition) is 2. The molecule has 0 unspecified atom stereocenters. The van der Waals surface area contributed by atoms with Gasteiger partial charge in [0.05, 0.1) is 18.0 Å². The molecule has 0 aromatic carbocycles. The van der Waals surface area contributed by atoms with E-state index in [0.717, 1.165) is 12.3 Å². The summed E-state index contributed by atoms with van der Waals surface area (Å²) in [5, 5.41) is 9.58. The molecule has 7 heteroatoms. The molecule has 0 saturated carbocycles. The van der Waals surface area contributed by atoms with Crippen molar-refractivity contribution >= 4 is 17.5 Å².